The summed E-state index contributed by atoms with van der Waals surface area (Å²) in [6.45, 7) is 11.4. The van der Waals surface area contributed by atoms with E-state index in [-0.39, 0.29) is 17.7 Å². The third kappa shape index (κ3) is 4.84. The summed E-state index contributed by atoms with van der Waals surface area (Å²) < 4.78 is 0. The third-order valence-electron chi connectivity index (χ3n) is 6.24. The molecule has 0 spiro atoms. The summed E-state index contributed by atoms with van der Waals surface area (Å²) in [6, 6.07) is 13.6. The summed E-state index contributed by atoms with van der Waals surface area (Å²) >= 11 is 0. The first-order valence-electron chi connectivity index (χ1n) is 11.0. The second-order valence-electron chi connectivity index (χ2n) is 8.08. The van der Waals surface area contributed by atoms with Crippen molar-refractivity contribution in [3.8, 4) is 0 Å². The standard InChI is InChI=1S/C25H33N3O2/c1-5-20(6-2)24(29)26-22-12-10-21(11-13-22)25(30)28-16-14-27(15-17-28)23-9-7-8-18(3)19(23)4/h7-13,20H,5-6,14-17H2,1-4H3,(H,26,29). The van der Waals surface area contributed by atoms with Gasteiger partial charge in [-0.15, -0.1) is 0 Å². The van der Waals surface area contributed by atoms with Crippen molar-refractivity contribution in [2.24, 2.45) is 5.92 Å². The van der Waals surface area contributed by atoms with Gasteiger partial charge in [-0.1, -0.05) is 26.0 Å². The van der Waals surface area contributed by atoms with E-state index in [0.29, 0.717) is 18.7 Å². The molecule has 0 radical (unpaired) electrons. The number of nitrogens with one attached hydrogen (secondary N) is 1. The van der Waals surface area contributed by atoms with Gasteiger partial charge >= 0.3 is 0 Å². The lowest BCUT2D eigenvalue weighted by molar-refractivity contribution is -0.120. The minimum atomic E-state index is 0.0274. The molecule has 2 aromatic carbocycles. The zero-order chi connectivity index (χ0) is 21.7. The molecule has 0 bridgehead atoms. The molecule has 30 heavy (non-hydrogen) atoms. The van der Waals surface area contributed by atoms with E-state index in [1.165, 1.54) is 16.8 Å². The molecule has 3 rings (SSSR count). The van der Waals surface area contributed by atoms with E-state index in [9.17, 15) is 9.59 Å². The zero-order valence-corrected chi connectivity index (χ0v) is 18.6. The van der Waals surface area contributed by atoms with Crippen LogP contribution in [0.3, 0.4) is 0 Å². The Morgan fingerprint density at radius 3 is 2.17 bits per heavy atom. The predicted molar refractivity (Wildman–Crippen MR) is 123 cm³/mol. The Bertz CT molecular complexity index is 880. The Morgan fingerprint density at radius 1 is 0.933 bits per heavy atom. The van der Waals surface area contributed by atoms with Crippen molar-refractivity contribution in [2.45, 2.75) is 40.5 Å². The van der Waals surface area contributed by atoms with Crippen LogP contribution in [0, 0.1) is 19.8 Å². The molecule has 0 atom stereocenters. The topological polar surface area (TPSA) is 52.7 Å². The van der Waals surface area contributed by atoms with Crippen molar-refractivity contribution < 1.29 is 9.59 Å². The molecule has 0 saturated carbocycles. The van der Waals surface area contributed by atoms with Gasteiger partial charge in [-0.25, -0.2) is 0 Å². The van der Waals surface area contributed by atoms with Crippen LogP contribution >= 0.6 is 0 Å². The van der Waals surface area contributed by atoms with Gasteiger partial charge < -0.3 is 15.1 Å². The molecule has 1 heterocycles. The Kier molecular flexibility index (Phi) is 7.14. The quantitative estimate of drug-likeness (QED) is 0.759. The van der Waals surface area contributed by atoms with Crippen LogP contribution in [-0.2, 0) is 4.79 Å². The van der Waals surface area contributed by atoms with E-state index >= 15 is 0 Å². The highest BCUT2D eigenvalue weighted by Crippen LogP contribution is 2.24. The number of piperazine rings is 1. The zero-order valence-electron chi connectivity index (χ0n) is 18.6. The van der Waals surface area contributed by atoms with Gasteiger partial charge in [-0.05, 0) is 68.1 Å². The number of hydrogen-bond donors (Lipinski definition) is 1. The van der Waals surface area contributed by atoms with Crippen LogP contribution in [0.5, 0.6) is 0 Å². The molecule has 1 aliphatic rings. The fraction of sp³-hybridized carbons (Fsp3) is 0.440. The van der Waals surface area contributed by atoms with Crippen molar-refractivity contribution in [1.82, 2.24) is 4.90 Å². The lowest BCUT2D eigenvalue weighted by Gasteiger charge is -2.37. The van der Waals surface area contributed by atoms with E-state index in [4.69, 9.17) is 0 Å². The first-order chi connectivity index (χ1) is 14.4. The molecule has 5 nitrogen and oxygen atoms in total. The number of aryl methyl sites for hydroxylation is 1. The lowest BCUT2D eigenvalue weighted by Crippen LogP contribution is -2.49. The number of carbonyl (C=O) groups is 2. The molecule has 0 unspecified atom stereocenters. The minimum absolute atomic E-state index is 0.0274. The molecular formula is C25H33N3O2. The maximum Gasteiger partial charge on any atom is 0.253 e. The maximum atomic E-state index is 12.9. The second-order valence-corrected chi connectivity index (χ2v) is 8.08. The summed E-state index contributed by atoms with van der Waals surface area (Å²) in [5.41, 5.74) is 5.27. The highest BCUT2D eigenvalue weighted by Gasteiger charge is 2.23. The SMILES string of the molecule is CCC(CC)C(=O)Nc1ccc(C(=O)N2CCN(c3cccc(C)c3C)CC2)cc1. The monoisotopic (exact) mass is 407 g/mol. The minimum Gasteiger partial charge on any atom is -0.368 e. The van der Waals surface area contributed by atoms with Crippen LogP contribution in [-0.4, -0.2) is 42.9 Å². The molecule has 5 heteroatoms. The lowest BCUT2D eigenvalue weighted by atomic mass is 10.0. The number of nitrogens with zero attached hydrogens (tertiary/aromatic N) is 2. The smallest absolute Gasteiger partial charge is 0.253 e. The van der Waals surface area contributed by atoms with Crippen LogP contribution in [0.25, 0.3) is 0 Å². The van der Waals surface area contributed by atoms with Crippen molar-refractivity contribution in [1.29, 1.82) is 0 Å². The summed E-state index contributed by atoms with van der Waals surface area (Å²) in [5, 5.41) is 2.95. The predicted octanol–water partition coefficient (Wildman–Crippen LogP) is 4.64. The van der Waals surface area contributed by atoms with E-state index < -0.39 is 0 Å². The number of hydrogen-bond acceptors (Lipinski definition) is 3. The van der Waals surface area contributed by atoms with Crippen LogP contribution in [0.2, 0.25) is 0 Å². The van der Waals surface area contributed by atoms with Crippen LogP contribution < -0.4 is 10.2 Å². The summed E-state index contributed by atoms with van der Waals surface area (Å²) in [5.74, 6) is 0.120. The Hall–Kier alpha value is -2.82. The van der Waals surface area contributed by atoms with Gasteiger partial charge in [0.15, 0.2) is 0 Å². The Labute approximate surface area is 180 Å². The van der Waals surface area contributed by atoms with E-state index in [2.05, 4.69) is 42.3 Å². The second kappa shape index (κ2) is 9.79. The summed E-state index contributed by atoms with van der Waals surface area (Å²) in [7, 11) is 0. The fourth-order valence-electron chi connectivity index (χ4n) is 4.01. The van der Waals surface area contributed by atoms with Gasteiger partial charge in [-0.2, -0.15) is 0 Å². The van der Waals surface area contributed by atoms with E-state index in [1.807, 2.05) is 43.0 Å². The van der Waals surface area contributed by atoms with Gasteiger partial charge in [0.25, 0.3) is 5.91 Å². The first-order valence-corrected chi connectivity index (χ1v) is 11.0. The van der Waals surface area contributed by atoms with Crippen molar-refractivity contribution in [2.75, 3.05) is 36.4 Å². The van der Waals surface area contributed by atoms with Gasteiger partial charge in [-0.3, -0.25) is 9.59 Å². The molecule has 1 fully saturated rings. The molecule has 2 amide bonds. The van der Waals surface area contributed by atoms with E-state index in [1.54, 1.807) is 0 Å². The average molecular weight is 408 g/mol. The Balaban J connectivity index is 1.58. The third-order valence-corrected chi connectivity index (χ3v) is 6.24. The molecule has 1 saturated heterocycles. The highest BCUT2D eigenvalue weighted by molar-refractivity contribution is 5.96. The van der Waals surface area contributed by atoms with Crippen molar-refractivity contribution >= 4 is 23.2 Å². The van der Waals surface area contributed by atoms with Gasteiger partial charge in [0.1, 0.15) is 0 Å². The molecular weight excluding hydrogens is 374 g/mol. The number of anilines is 2. The van der Waals surface area contributed by atoms with Gasteiger partial charge in [0, 0.05) is 49.0 Å². The van der Waals surface area contributed by atoms with Crippen LogP contribution in [0.1, 0.15) is 48.2 Å². The average Bonchev–Trinajstić information content (AvgIpc) is 2.77. The Morgan fingerprint density at radius 2 is 1.57 bits per heavy atom. The summed E-state index contributed by atoms with van der Waals surface area (Å²) in [6.07, 6.45) is 1.65. The molecule has 0 aromatic heterocycles. The van der Waals surface area contributed by atoms with Crippen molar-refractivity contribution in [3.05, 3.63) is 59.2 Å². The molecule has 2 aromatic rings. The largest absolute Gasteiger partial charge is 0.368 e. The number of carbonyl (C=O) groups excluding carboxylic acids is 2. The number of rotatable bonds is 6. The normalized spacial score (nSPS) is 14.2. The molecule has 0 aliphatic carbocycles. The number of benzene rings is 2. The summed E-state index contributed by atoms with van der Waals surface area (Å²) in [4.78, 5) is 29.4. The molecule has 1 aliphatic heterocycles. The van der Waals surface area contributed by atoms with Gasteiger partial charge in [0.2, 0.25) is 5.91 Å². The molecule has 1 N–H and O–H groups in total. The molecule has 160 valence electrons. The van der Waals surface area contributed by atoms with Crippen molar-refractivity contribution in [3.63, 3.8) is 0 Å². The fourth-order valence-corrected chi connectivity index (χ4v) is 4.01. The highest BCUT2D eigenvalue weighted by atomic mass is 16.2. The maximum absolute atomic E-state index is 12.9. The van der Waals surface area contributed by atoms with Gasteiger partial charge in [0.05, 0.1) is 0 Å². The van der Waals surface area contributed by atoms with E-state index in [0.717, 1.165) is 31.6 Å². The van der Waals surface area contributed by atoms with Crippen LogP contribution in [0.15, 0.2) is 42.5 Å². The van der Waals surface area contributed by atoms with Crippen LogP contribution in [0.4, 0.5) is 11.4 Å². The number of amides is 2. The first kappa shape index (κ1) is 21.9.